The van der Waals surface area contributed by atoms with Crippen molar-refractivity contribution < 1.29 is 4.39 Å². The smallest absolute Gasteiger partial charge is 0.131 e. The molecule has 1 aliphatic rings. The number of piperazine rings is 1. The van der Waals surface area contributed by atoms with Crippen molar-refractivity contribution >= 4 is 11.3 Å². The minimum atomic E-state index is -0.205. The van der Waals surface area contributed by atoms with Gasteiger partial charge in [0.05, 0.1) is 0 Å². The summed E-state index contributed by atoms with van der Waals surface area (Å²) >= 11 is 0. The zero-order valence-corrected chi connectivity index (χ0v) is 22.0. The predicted molar refractivity (Wildman–Crippen MR) is 148 cm³/mol. The summed E-state index contributed by atoms with van der Waals surface area (Å²) in [4.78, 5) is 11.0. The van der Waals surface area contributed by atoms with Crippen LogP contribution in [0.4, 0.5) is 4.39 Å². The first-order chi connectivity index (χ1) is 17.0. The summed E-state index contributed by atoms with van der Waals surface area (Å²) in [5.41, 5.74) is 5.91. The number of rotatable bonds is 8. The Balaban J connectivity index is 0.000000402. The van der Waals surface area contributed by atoms with Gasteiger partial charge in [0.15, 0.2) is 0 Å². The van der Waals surface area contributed by atoms with Crippen LogP contribution in [0.3, 0.4) is 0 Å². The quantitative estimate of drug-likeness (QED) is 0.335. The Morgan fingerprint density at radius 1 is 1.11 bits per heavy atom. The van der Waals surface area contributed by atoms with Gasteiger partial charge in [0.25, 0.3) is 0 Å². The van der Waals surface area contributed by atoms with Crippen molar-refractivity contribution in [1.29, 1.82) is 0 Å². The minimum Gasteiger partial charge on any atom is -0.372 e. The summed E-state index contributed by atoms with van der Waals surface area (Å²) in [6.07, 6.45) is 12.9. The molecule has 1 N–H and O–H groups in total. The maximum atomic E-state index is 14.5. The molecule has 3 rings (SSSR count). The number of hydrogen-bond acceptors (Lipinski definition) is 4. The van der Waals surface area contributed by atoms with Gasteiger partial charge < -0.3 is 10.2 Å². The summed E-state index contributed by atoms with van der Waals surface area (Å²) < 4.78 is 14.5. The predicted octanol–water partition coefficient (Wildman–Crippen LogP) is 6.83. The number of benzene rings is 1. The minimum absolute atomic E-state index is 0.205. The molecule has 5 heteroatoms. The Morgan fingerprint density at radius 3 is 2.46 bits per heavy atom. The first-order valence-electron chi connectivity index (χ1n) is 12.7. The monoisotopic (exact) mass is 476 g/mol. The molecule has 188 valence electrons. The molecule has 0 aliphatic carbocycles. The summed E-state index contributed by atoms with van der Waals surface area (Å²) in [6, 6.07) is 11.0. The van der Waals surface area contributed by atoms with E-state index < -0.39 is 0 Å². The zero-order chi connectivity index (χ0) is 25.5. The second-order valence-corrected chi connectivity index (χ2v) is 8.50. The molecule has 0 spiro atoms. The van der Waals surface area contributed by atoms with E-state index in [1.54, 1.807) is 12.3 Å². The average molecular weight is 477 g/mol. The Morgan fingerprint density at radius 2 is 1.86 bits per heavy atom. The summed E-state index contributed by atoms with van der Waals surface area (Å²) in [6.45, 7) is 14.2. The van der Waals surface area contributed by atoms with E-state index in [0.29, 0.717) is 5.56 Å². The van der Waals surface area contributed by atoms with Crippen molar-refractivity contribution in [3.05, 3.63) is 95.4 Å². The number of halogens is 1. The second kappa shape index (κ2) is 15.8. The van der Waals surface area contributed by atoms with E-state index in [4.69, 9.17) is 0 Å². The van der Waals surface area contributed by atoms with Gasteiger partial charge in [0.2, 0.25) is 0 Å². The van der Waals surface area contributed by atoms with Gasteiger partial charge in [-0.15, -0.1) is 0 Å². The van der Waals surface area contributed by atoms with Crippen molar-refractivity contribution in [3.8, 4) is 0 Å². The number of aliphatic imine (C=N–C) groups is 1. The molecule has 2 aromatic rings. The average Bonchev–Trinajstić information content (AvgIpc) is 2.89. The third-order valence-electron chi connectivity index (χ3n) is 5.91. The maximum Gasteiger partial charge on any atom is 0.131 e. The molecule has 0 saturated carbocycles. The van der Waals surface area contributed by atoms with Gasteiger partial charge >= 0.3 is 0 Å². The van der Waals surface area contributed by atoms with Crippen LogP contribution < -0.4 is 5.32 Å². The first-order valence-corrected chi connectivity index (χ1v) is 12.7. The Hall–Kier alpha value is -3.05. The van der Waals surface area contributed by atoms with Crippen LogP contribution in [0.25, 0.3) is 5.57 Å². The second-order valence-electron chi connectivity index (χ2n) is 8.50. The van der Waals surface area contributed by atoms with Crippen LogP contribution in [-0.2, 0) is 6.42 Å². The number of aromatic nitrogens is 1. The number of nitrogens with zero attached hydrogens (tertiary/aromatic N) is 3. The summed E-state index contributed by atoms with van der Waals surface area (Å²) in [5.74, 6) is -0.205. The fraction of sp³-hybridized carbons (Fsp3) is 0.400. The van der Waals surface area contributed by atoms with Gasteiger partial charge in [-0.25, -0.2) is 4.39 Å². The molecule has 1 aliphatic heterocycles. The van der Waals surface area contributed by atoms with Crippen LogP contribution in [0.5, 0.6) is 0 Å². The number of nitrogens with one attached hydrogen (secondary N) is 1. The van der Waals surface area contributed by atoms with Gasteiger partial charge in [0, 0.05) is 67.3 Å². The molecule has 0 amide bonds. The fourth-order valence-electron chi connectivity index (χ4n) is 4.09. The first kappa shape index (κ1) is 28.2. The molecule has 1 fully saturated rings. The molecule has 0 bridgehead atoms. The SMILES string of the molecule is CCCc1cccnc1.C\C=C(C(/C(C)=N/C=C/CC)=C(/C)N1CCNCC1)\c1ccccc1F. The standard InChI is InChI=1S/C22H30FN3.C8H11N/c1-5-7-12-25-17(3)22(18(4)26-15-13-24-14-16-26)19(6-2)20-10-8-9-11-21(20)23;1-2-4-8-5-3-6-9-7-8/h6-12,24H,5,13-16H2,1-4H3;3,5-7H,2,4H2,1H3/b12-7+,19-6-,22-18-,25-17+;. The number of hydrogen-bond donors (Lipinski definition) is 1. The highest BCUT2D eigenvalue weighted by Gasteiger charge is 2.20. The van der Waals surface area contributed by atoms with Crippen molar-refractivity contribution in [2.24, 2.45) is 4.99 Å². The van der Waals surface area contributed by atoms with Gasteiger partial charge in [-0.1, -0.05) is 56.7 Å². The molecule has 0 unspecified atom stereocenters. The highest BCUT2D eigenvalue weighted by molar-refractivity contribution is 6.12. The topological polar surface area (TPSA) is 40.5 Å². The van der Waals surface area contributed by atoms with Gasteiger partial charge in [0.1, 0.15) is 5.82 Å². The van der Waals surface area contributed by atoms with Crippen LogP contribution >= 0.6 is 0 Å². The lowest BCUT2D eigenvalue weighted by molar-refractivity contribution is 0.299. The van der Waals surface area contributed by atoms with E-state index in [-0.39, 0.29) is 5.82 Å². The van der Waals surface area contributed by atoms with Crippen LogP contribution in [-0.4, -0.2) is 41.8 Å². The zero-order valence-electron chi connectivity index (χ0n) is 22.0. The molecule has 35 heavy (non-hydrogen) atoms. The molecule has 0 radical (unpaired) electrons. The molecule has 1 aromatic heterocycles. The molecule has 1 aromatic carbocycles. The summed E-state index contributed by atoms with van der Waals surface area (Å²) in [7, 11) is 0. The van der Waals surface area contributed by atoms with Gasteiger partial charge in [-0.3, -0.25) is 9.98 Å². The normalized spacial score (nSPS) is 15.5. The van der Waals surface area contributed by atoms with Crippen LogP contribution in [0.15, 0.2) is 83.4 Å². The fourth-order valence-corrected chi connectivity index (χ4v) is 4.09. The van der Waals surface area contributed by atoms with Crippen molar-refractivity contribution in [3.63, 3.8) is 0 Å². The number of pyridine rings is 1. The Labute approximate surface area is 211 Å². The molecular weight excluding hydrogens is 435 g/mol. The lowest BCUT2D eigenvalue weighted by atomic mass is 9.92. The molecular formula is C30H41FN4. The Kier molecular flexibility index (Phi) is 12.7. The van der Waals surface area contributed by atoms with Crippen LogP contribution in [0.2, 0.25) is 0 Å². The third kappa shape index (κ3) is 8.91. The molecule has 2 heterocycles. The van der Waals surface area contributed by atoms with E-state index >= 15 is 0 Å². The Bertz CT molecular complexity index is 1020. The van der Waals surface area contributed by atoms with Gasteiger partial charge in [-0.05, 0) is 56.9 Å². The molecule has 1 saturated heterocycles. The van der Waals surface area contributed by atoms with E-state index in [9.17, 15) is 4.39 Å². The van der Waals surface area contributed by atoms with E-state index in [0.717, 1.165) is 61.6 Å². The number of aryl methyl sites for hydroxylation is 1. The lowest BCUT2D eigenvalue weighted by Gasteiger charge is -2.32. The van der Waals surface area contributed by atoms with E-state index in [1.165, 1.54) is 18.1 Å². The lowest BCUT2D eigenvalue weighted by Crippen LogP contribution is -2.43. The van der Waals surface area contributed by atoms with E-state index in [1.807, 2.05) is 56.6 Å². The maximum absolute atomic E-state index is 14.5. The third-order valence-corrected chi connectivity index (χ3v) is 5.91. The highest BCUT2D eigenvalue weighted by Crippen LogP contribution is 2.30. The molecule has 4 nitrogen and oxygen atoms in total. The van der Waals surface area contributed by atoms with Crippen molar-refractivity contribution in [1.82, 2.24) is 15.2 Å². The van der Waals surface area contributed by atoms with Crippen molar-refractivity contribution in [2.45, 2.75) is 53.9 Å². The van der Waals surface area contributed by atoms with Gasteiger partial charge in [-0.2, -0.15) is 0 Å². The van der Waals surface area contributed by atoms with Crippen LogP contribution in [0, 0.1) is 5.82 Å². The van der Waals surface area contributed by atoms with E-state index in [2.05, 4.69) is 47.0 Å². The summed E-state index contributed by atoms with van der Waals surface area (Å²) in [5, 5.41) is 3.38. The van der Waals surface area contributed by atoms with Crippen LogP contribution in [0.1, 0.15) is 58.6 Å². The number of allylic oxidation sites excluding steroid dienone is 5. The molecule has 0 atom stereocenters. The largest absolute Gasteiger partial charge is 0.372 e. The highest BCUT2D eigenvalue weighted by atomic mass is 19.1. The van der Waals surface area contributed by atoms with Crippen molar-refractivity contribution in [2.75, 3.05) is 26.2 Å².